The number of anilines is 1. The highest BCUT2D eigenvalue weighted by Gasteiger charge is 2.25. The van der Waals surface area contributed by atoms with Crippen molar-refractivity contribution in [2.45, 2.75) is 18.9 Å². The topological polar surface area (TPSA) is 55.0 Å². The van der Waals surface area contributed by atoms with Crippen molar-refractivity contribution >= 4 is 16.6 Å². The standard InChI is InChI=1S/C25H23FN4/c1-30-11-10-21(22-13-16-4-2-3-5-17(16)14-23(22)26)20-7-6-18(12-19(20)15-30)24-8-9-25(27)29-28-24/h2-9,12-14,21H,10-11,15H2,1H3,(H2,27,29). The van der Waals surface area contributed by atoms with E-state index in [2.05, 4.69) is 40.3 Å². The smallest absolute Gasteiger partial charge is 0.146 e. The maximum Gasteiger partial charge on any atom is 0.146 e. The van der Waals surface area contributed by atoms with Crippen molar-refractivity contribution in [3.63, 3.8) is 0 Å². The summed E-state index contributed by atoms with van der Waals surface area (Å²) in [7, 11) is 2.11. The molecule has 2 N–H and O–H groups in total. The molecule has 0 radical (unpaired) electrons. The molecule has 150 valence electrons. The molecular formula is C25H23FN4. The lowest BCUT2D eigenvalue weighted by atomic mass is 9.84. The number of hydrogen-bond donors (Lipinski definition) is 1. The van der Waals surface area contributed by atoms with Gasteiger partial charge in [-0.05, 0) is 77.8 Å². The average molecular weight is 398 g/mol. The zero-order valence-corrected chi connectivity index (χ0v) is 16.8. The van der Waals surface area contributed by atoms with E-state index in [0.717, 1.165) is 47.1 Å². The lowest BCUT2D eigenvalue weighted by Crippen LogP contribution is -2.17. The summed E-state index contributed by atoms with van der Waals surface area (Å²) in [6.07, 6.45) is 0.875. The summed E-state index contributed by atoms with van der Waals surface area (Å²) in [5, 5.41) is 10.2. The van der Waals surface area contributed by atoms with Gasteiger partial charge in [-0.25, -0.2) is 4.39 Å². The van der Waals surface area contributed by atoms with Gasteiger partial charge in [-0.15, -0.1) is 10.2 Å². The van der Waals surface area contributed by atoms with Crippen LogP contribution in [0.5, 0.6) is 0 Å². The van der Waals surface area contributed by atoms with Crippen molar-refractivity contribution in [2.75, 3.05) is 19.3 Å². The first-order chi connectivity index (χ1) is 14.6. The maximum atomic E-state index is 15.2. The van der Waals surface area contributed by atoms with Crippen LogP contribution in [0.4, 0.5) is 10.2 Å². The van der Waals surface area contributed by atoms with Crippen LogP contribution in [0.1, 0.15) is 29.0 Å². The van der Waals surface area contributed by atoms with Gasteiger partial charge >= 0.3 is 0 Å². The van der Waals surface area contributed by atoms with Crippen molar-refractivity contribution in [2.24, 2.45) is 0 Å². The molecule has 1 aliphatic heterocycles. The van der Waals surface area contributed by atoms with E-state index in [0.29, 0.717) is 5.82 Å². The fraction of sp³-hybridized carbons (Fsp3) is 0.200. The Labute approximate surface area is 175 Å². The van der Waals surface area contributed by atoms with E-state index in [1.807, 2.05) is 36.4 Å². The molecule has 0 bridgehead atoms. The molecule has 5 rings (SSSR count). The molecular weight excluding hydrogens is 375 g/mol. The number of benzene rings is 3. The Morgan fingerprint density at radius 3 is 2.50 bits per heavy atom. The number of fused-ring (bicyclic) bond motifs is 2. The van der Waals surface area contributed by atoms with Crippen molar-refractivity contribution in [3.8, 4) is 11.3 Å². The zero-order valence-electron chi connectivity index (χ0n) is 16.8. The van der Waals surface area contributed by atoms with Crippen LogP contribution in [-0.2, 0) is 6.54 Å². The van der Waals surface area contributed by atoms with E-state index >= 15 is 4.39 Å². The Bertz CT molecular complexity index is 1220. The van der Waals surface area contributed by atoms with Crippen LogP contribution in [0.15, 0.2) is 66.7 Å². The van der Waals surface area contributed by atoms with Crippen LogP contribution in [0.2, 0.25) is 0 Å². The van der Waals surface area contributed by atoms with E-state index < -0.39 is 0 Å². The number of nitrogens with two attached hydrogens (primary N) is 1. The molecule has 2 heterocycles. The normalized spacial score (nSPS) is 16.9. The Kier molecular flexibility index (Phi) is 4.68. The van der Waals surface area contributed by atoms with Crippen LogP contribution in [-0.4, -0.2) is 28.7 Å². The van der Waals surface area contributed by atoms with Crippen LogP contribution >= 0.6 is 0 Å². The van der Waals surface area contributed by atoms with Crippen molar-refractivity contribution < 1.29 is 4.39 Å². The third kappa shape index (κ3) is 3.42. The van der Waals surface area contributed by atoms with Gasteiger partial charge in [0.1, 0.15) is 11.6 Å². The minimum atomic E-state index is -0.136. The molecule has 4 aromatic rings. The third-order valence-corrected chi connectivity index (χ3v) is 5.98. The predicted octanol–water partition coefficient (Wildman–Crippen LogP) is 4.99. The largest absolute Gasteiger partial charge is 0.382 e. The first kappa shape index (κ1) is 18.7. The van der Waals surface area contributed by atoms with Gasteiger partial charge in [0.05, 0.1) is 5.69 Å². The molecule has 5 heteroatoms. The highest BCUT2D eigenvalue weighted by atomic mass is 19.1. The van der Waals surface area contributed by atoms with E-state index in [9.17, 15) is 0 Å². The Balaban J connectivity index is 1.62. The molecule has 0 amide bonds. The first-order valence-corrected chi connectivity index (χ1v) is 10.2. The Morgan fingerprint density at radius 1 is 0.933 bits per heavy atom. The lowest BCUT2D eigenvalue weighted by Gasteiger charge is -2.20. The number of aromatic nitrogens is 2. The number of nitrogens with zero attached hydrogens (tertiary/aromatic N) is 3. The number of halogens is 1. The summed E-state index contributed by atoms with van der Waals surface area (Å²) in [6, 6.07) is 21.6. The molecule has 0 saturated carbocycles. The van der Waals surface area contributed by atoms with Gasteiger partial charge in [0.2, 0.25) is 0 Å². The molecule has 30 heavy (non-hydrogen) atoms. The molecule has 3 aromatic carbocycles. The Morgan fingerprint density at radius 2 is 1.73 bits per heavy atom. The van der Waals surface area contributed by atoms with Crippen molar-refractivity contribution in [1.82, 2.24) is 15.1 Å². The second-order valence-corrected chi connectivity index (χ2v) is 8.06. The molecule has 1 unspecified atom stereocenters. The summed E-state index contributed by atoms with van der Waals surface area (Å²) in [4.78, 5) is 2.29. The Hall–Kier alpha value is -3.31. The maximum absolute atomic E-state index is 15.2. The second-order valence-electron chi connectivity index (χ2n) is 8.06. The molecule has 4 nitrogen and oxygen atoms in total. The van der Waals surface area contributed by atoms with Crippen molar-refractivity contribution in [3.05, 3.63) is 89.2 Å². The zero-order chi connectivity index (χ0) is 20.7. The van der Waals surface area contributed by atoms with Gasteiger partial charge in [-0.3, -0.25) is 0 Å². The van der Waals surface area contributed by atoms with Gasteiger partial charge in [0.15, 0.2) is 0 Å². The summed E-state index contributed by atoms with van der Waals surface area (Å²) >= 11 is 0. The summed E-state index contributed by atoms with van der Waals surface area (Å²) in [5.41, 5.74) is 10.6. The predicted molar refractivity (Wildman–Crippen MR) is 119 cm³/mol. The summed E-state index contributed by atoms with van der Waals surface area (Å²) < 4.78 is 15.2. The van der Waals surface area contributed by atoms with E-state index in [4.69, 9.17) is 5.73 Å². The van der Waals surface area contributed by atoms with Crippen LogP contribution < -0.4 is 5.73 Å². The number of rotatable bonds is 2. The van der Waals surface area contributed by atoms with Gasteiger partial charge in [0, 0.05) is 18.0 Å². The molecule has 1 aromatic heterocycles. The minimum absolute atomic E-state index is 0.0149. The molecule has 1 atom stereocenters. The first-order valence-electron chi connectivity index (χ1n) is 10.2. The number of nitrogen functional groups attached to an aromatic ring is 1. The van der Waals surface area contributed by atoms with E-state index in [-0.39, 0.29) is 11.7 Å². The van der Waals surface area contributed by atoms with Crippen LogP contribution in [0.25, 0.3) is 22.0 Å². The highest BCUT2D eigenvalue weighted by molar-refractivity contribution is 5.83. The monoisotopic (exact) mass is 398 g/mol. The van der Waals surface area contributed by atoms with Crippen LogP contribution in [0, 0.1) is 5.82 Å². The lowest BCUT2D eigenvalue weighted by molar-refractivity contribution is 0.328. The molecule has 0 saturated heterocycles. The van der Waals surface area contributed by atoms with Gasteiger partial charge in [0.25, 0.3) is 0 Å². The van der Waals surface area contributed by atoms with E-state index in [1.165, 1.54) is 11.1 Å². The van der Waals surface area contributed by atoms with Gasteiger partial charge in [-0.1, -0.05) is 36.4 Å². The van der Waals surface area contributed by atoms with Gasteiger partial charge < -0.3 is 10.6 Å². The van der Waals surface area contributed by atoms with Crippen molar-refractivity contribution in [1.29, 1.82) is 0 Å². The van der Waals surface area contributed by atoms with Gasteiger partial charge in [-0.2, -0.15) is 0 Å². The van der Waals surface area contributed by atoms with E-state index in [1.54, 1.807) is 12.1 Å². The molecule has 0 spiro atoms. The number of hydrogen-bond acceptors (Lipinski definition) is 4. The summed E-state index contributed by atoms with van der Waals surface area (Å²) in [6.45, 7) is 1.72. The van der Waals surface area contributed by atoms with Crippen LogP contribution in [0.3, 0.4) is 0 Å². The summed E-state index contributed by atoms with van der Waals surface area (Å²) in [5.74, 6) is 0.281. The minimum Gasteiger partial charge on any atom is -0.382 e. The average Bonchev–Trinajstić information content (AvgIpc) is 2.91. The SMILES string of the molecule is CN1CCC(c2cc3ccccc3cc2F)c2ccc(-c3ccc(N)nn3)cc2C1. The highest BCUT2D eigenvalue weighted by Crippen LogP contribution is 2.38. The second kappa shape index (κ2) is 7.50. The third-order valence-electron chi connectivity index (χ3n) is 5.98. The quantitative estimate of drug-likeness (QED) is 0.517. The fourth-order valence-electron chi connectivity index (χ4n) is 4.43. The molecule has 1 aliphatic rings. The fourth-order valence-corrected chi connectivity index (χ4v) is 4.43. The molecule has 0 fully saturated rings. The molecule has 0 aliphatic carbocycles.